The van der Waals surface area contributed by atoms with Crippen molar-refractivity contribution in [3.63, 3.8) is 0 Å². The van der Waals surface area contributed by atoms with Gasteiger partial charge in [-0.15, -0.1) is 0 Å². The number of rotatable bonds is 3. The first-order valence-corrected chi connectivity index (χ1v) is 9.16. The van der Waals surface area contributed by atoms with Gasteiger partial charge in [0.2, 0.25) is 0 Å². The summed E-state index contributed by atoms with van der Waals surface area (Å²) in [7, 11) is 0. The van der Waals surface area contributed by atoms with E-state index in [2.05, 4.69) is 21.2 Å². The lowest BCUT2D eigenvalue weighted by atomic mass is 9.92. The molecule has 2 heterocycles. The highest BCUT2D eigenvalue weighted by molar-refractivity contribution is 9.10. The van der Waals surface area contributed by atoms with Crippen LogP contribution in [0.2, 0.25) is 0 Å². The first kappa shape index (κ1) is 17.8. The fourth-order valence-electron chi connectivity index (χ4n) is 3.22. The average Bonchev–Trinajstić information content (AvgIpc) is 2.86. The molecule has 1 saturated heterocycles. The van der Waals surface area contributed by atoms with Crippen molar-refractivity contribution in [2.75, 3.05) is 13.2 Å². The average molecular weight is 435 g/mol. The highest BCUT2D eigenvalue weighted by atomic mass is 79.9. The van der Waals surface area contributed by atoms with Crippen molar-refractivity contribution >= 4 is 27.9 Å². The minimum Gasteiger partial charge on any atom is -0.486 e. The Morgan fingerprint density at radius 1 is 1.15 bits per heavy atom. The lowest BCUT2D eigenvalue weighted by Gasteiger charge is -2.23. The number of halogens is 2. The quantitative estimate of drug-likeness (QED) is 0.752. The number of hydrogen-bond donors (Lipinski definition) is 1. The van der Waals surface area contributed by atoms with Gasteiger partial charge in [0.05, 0.1) is 6.54 Å². The molecule has 0 spiro atoms. The highest BCUT2D eigenvalue weighted by Crippen LogP contribution is 2.37. The Kier molecular flexibility index (Phi) is 4.30. The number of carbonyl (C=O) groups excluding carboxylic acids is 2. The van der Waals surface area contributed by atoms with Gasteiger partial charge in [0.15, 0.2) is 11.5 Å². The van der Waals surface area contributed by atoms with E-state index >= 15 is 0 Å². The zero-order chi connectivity index (χ0) is 19.2. The van der Waals surface area contributed by atoms with Gasteiger partial charge in [-0.25, -0.2) is 9.18 Å². The molecule has 6 nitrogen and oxygen atoms in total. The zero-order valence-electron chi connectivity index (χ0n) is 14.4. The first-order chi connectivity index (χ1) is 12.9. The molecule has 0 aromatic heterocycles. The van der Waals surface area contributed by atoms with Crippen molar-refractivity contribution in [1.82, 2.24) is 10.2 Å². The second-order valence-electron chi connectivity index (χ2n) is 6.54. The van der Waals surface area contributed by atoms with Crippen LogP contribution in [0.4, 0.5) is 9.18 Å². The molecule has 0 radical (unpaired) electrons. The third-order valence-corrected chi connectivity index (χ3v) is 5.47. The maximum Gasteiger partial charge on any atom is 0.325 e. The monoisotopic (exact) mass is 434 g/mol. The van der Waals surface area contributed by atoms with E-state index in [4.69, 9.17) is 9.47 Å². The Labute approximate surface area is 163 Å². The highest BCUT2D eigenvalue weighted by Gasteiger charge is 2.49. The molecule has 140 valence electrons. The molecule has 2 aromatic carbocycles. The molecule has 4 rings (SSSR count). The molecule has 2 aliphatic rings. The van der Waals surface area contributed by atoms with E-state index in [1.165, 1.54) is 24.3 Å². The van der Waals surface area contributed by atoms with Gasteiger partial charge in [0, 0.05) is 4.47 Å². The molecule has 1 unspecified atom stereocenters. The number of imide groups is 1. The van der Waals surface area contributed by atoms with Gasteiger partial charge in [0.1, 0.15) is 24.6 Å². The third kappa shape index (κ3) is 3.03. The Balaban J connectivity index is 1.62. The second-order valence-corrected chi connectivity index (χ2v) is 7.39. The van der Waals surface area contributed by atoms with Crippen molar-refractivity contribution in [3.05, 3.63) is 57.8 Å². The lowest BCUT2D eigenvalue weighted by molar-refractivity contribution is -0.131. The van der Waals surface area contributed by atoms with Crippen LogP contribution < -0.4 is 14.8 Å². The molecule has 1 atom stereocenters. The van der Waals surface area contributed by atoms with E-state index in [0.717, 1.165) is 4.90 Å². The summed E-state index contributed by atoms with van der Waals surface area (Å²) >= 11 is 3.46. The molecular weight excluding hydrogens is 419 g/mol. The number of carbonyl (C=O) groups is 2. The third-order valence-electron chi connectivity index (χ3n) is 4.74. The standard InChI is InChI=1S/C19H16BrFN2O4/c1-19(12-2-4-13(21)5-3-12)17(24)23(18(25)22-19)10-11-8-15-16(9-14(11)20)27-7-6-26-15/h2-5,8-9H,6-7,10H2,1H3,(H,22,25). The molecular formula is C19H16BrFN2O4. The topological polar surface area (TPSA) is 67.9 Å². The Morgan fingerprint density at radius 2 is 1.78 bits per heavy atom. The molecule has 1 fully saturated rings. The summed E-state index contributed by atoms with van der Waals surface area (Å²) in [6.45, 7) is 2.60. The molecule has 3 amide bonds. The normalized spacial score (nSPS) is 21.4. The van der Waals surface area contributed by atoms with Crippen molar-refractivity contribution in [2.24, 2.45) is 0 Å². The molecule has 2 aromatic rings. The number of hydrogen-bond acceptors (Lipinski definition) is 4. The number of benzene rings is 2. The summed E-state index contributed by atoms with van der Waals surface area (Å²) in [6.07, 6.45) is 0. The SMILES string of the molecule is CC1(c2ccc(F)cc2)NC(=O)N(Cc2cc3c(cc2Br)OCCO3)C1=O. The van der Waals surface area contributed by atoms with Crippen LogP contribution in [0.25, 0.3) is 0 Å². The number of ether oxygens (including phenoxy) is 2. The largest absolute Gasteiger partial charge is 0.486 e. The Morgan fingerprint density at radius 3 is 2.44 bits per heavy atom. The van der Waals surface area contributed by atoms with Gasteiger partial charge >= 0.3 is 6.03 Å². The van der Waals surface area contributed by atoms with Crippen LogP contribution in [-0.4, -0.2) is 30.1 Å². The number of urea groups is 1. The van der Waals surface area contributed by atoms with Crippen LogP contribution in [-0.2, 0) is 16.9 Å². The van der Waals surface area contributed by atoms with Crippen LogP contribution in [0, 0.1) is 5.82 Å². The number of amides is 3. The maximum absolute atomic E-state index is 13.2. The summed E-state index contributed by atoms with van der Waals surface area (Å²) in [4.78, 5) is 26.6. The van der Waals surface area contributed by atoms with Gasteiger partial charge in [-0.2, -0.15) is 0 Å². The van der Waals surface area contributed by atoms with Crippen LogP contribution in [0.3, 0.4) is 0 Å². The summed E-state index contributed by atoms with van der Waals surface area (Å²) < 4.78 is 25.0. The number of nitrogens with zero attached hydrogens (tertiary/aromatic N) is 1. The van der Waals surface area contributed by atoms with E-state index < -0.39 is 23.3 Å². The Bertz CT molecular complexity index is 934. The van der Waals surface area contributed by atoms with Gasteiger partial charge < -0.3 is 14.8 Å². The van der Waals surface area contributed by atoms with E-state index in [1.54, 1.807) is 19.1 Å². The van der Waals surface area contributed by atoms with Crippen molar-refractivity contribution in [1.29, 1.82) is 0 Å². The molecule has 8 heteroatoms. The fourth-order valence-corrected chi connectivity index (χ4v) is 3.66. The van der Waals surface area contributed by atoms with Gasteiger partial charge in [0.25, 0.3) is 5.91 Å². The zero-order valence-corrected chi connectivity index (χ0v) is 16.0. The smallest absolute Gasteiger partial charge is 0.325 e. The summed E-state index contributed by atoms with van der Waals surface area (Å²) in [5.41, 5.74) is -0.0115. The van der Waals surface area contributed by atoms with Crippen LogP contribution >= 0.6 is 15.9 Å². The van der Waals surface area contributed by atoms with E-state index in [0.29, 0.717) is 40.3 Å². The van der Waals surface area contributed by atoms with Crippen molar-refractivity contribution < 1.29 is 23.5 Å². The van der Waals surface area contributed by atoms with Crippen molar-refractivity contribution in [2.45, 2.75) is 19.0 Å². The van der Waals surface area contributed by atoms with Gasteiger partial charge in [-0.3, -0.25) is 9.69 Å². The predicted octanol–water partition coefficient (Wildman–Crippen LogP) is 3.33. The summed E-state index contributed by atoms with van der Waals surface area (Å²) in [5, 5.41) is 2.71. The summed E-state index contributed by atoms with van der Waals surface area (Å²) in [6, 6.07) is 8.54. The first-order valence-electron chi connectivity index (χ1n) is 8.36. The van der Waals surface area contributed by atoms with Gasteiger partial charge in [-0.1, -0.05) is 28.1 Å². The molecule has 2 aliphatic heterocycles. The van der Waals surface area contributed by atoms with Gasteiger partial charge in [-0.05, 0) is 42.3 Å². The lowest BCUT2D eigenvalue weighted by Crippen LogP contribution is -2.40. The number of nitrogens with one attached hydrogen (secondary N) is 1. The molecule has 0 bridgehead atoms. The van der Waals surface area contributed by atoms with E-state index in [1.807, 2.05) is 0 Å². The maximum atomic E-state index is 13.2. The minimum absolute atomic E-state index is 0.0681. The molecule has 0 saturated carbocycles. The molecule has 0 aliphatic carbocycles. The molecule has 1 N–H and O–H groups in total. The second kappa shape index (κ2) is 6.53. The molecule has 27 heavy (non-hydrogen) atoms. The predicted molar refractivity (Wildman–Crippen MR) is 98.0 cm³/mol. The minimum atomic E-state index is -1.24. The van der Waals surface area contributed by atoms with E-state index in [-0.39, 0.29) is 6.54 Å². The Hall–Kier alpha value is -2.61. The van der Waals surface area contributed by atoms with Crippen LogP contribution in [0.1, 0.15) is 18.1 Å². The van der Waals surface area contributed by atoms with Crippen LogP contribution in [0.5, 0.6) is 11.5 Å². The number of fused-ring (bicyclic) bond motifs is 1. The fraction of sp³-hybridized carbons (Fsp3) is 0.263. The van der Waals surface area contributed by atoms with Crippen molar-refractivity contribution in [3.8, 4) is 11.5 Å². The van der Waals surface area contributed by atoms with E-state index in [9.17, 15) is 14.0 Å². The summed E-state index contributed by atoms with van der Waals surface area (Å²) in [5.74, 6) is 0.384. The van der Waals surface area contributed by atoms with Crippen LogP contribution in [0.15, 0.2) is 40.9 Å².